The van der Waals surface area contributed by atoms with Crippen molar-refractivity contribution in [3.63, 3.8) is 0 Å². The lowest BCUT2D eigenvalue weighted by Gasteiger charge is -2.28. The fourth-order valence-electron chi connectivity index (χ4n) is 2.40. The predicted molar refractivity (Wildman–Crippen MR) is 77.3 cm³/mol. The van der Waals surface area contributed by atoms with E-state index < -0.39 is 10.0 Å². The van der Waals surface area contributed by atoms with Gasteiger partial charge >= 0.3 is 0 Å². The van der Waals surface area contributed by atoms with Crippen LogP contribution in [0, 0.1) is 0 Å². The van der Waals surface area contributed by atoms with Gasteiger partial charge in [0.15, 0.2) is 0 Å². The van der Waals surface area contributed by atoms with Crippen molar-refractivity contribution in [1.82, 2.24) is 9.62 Å². The lowest BCUT2D eigenvalue weighted by molar-refractivity contribution is 0.343. The number of nitrogens with one attached hydrogen (secondary N) is 1. The van der Waals surface area contributed by atoms with Crippen LogP contribution in [0.3, 0.4) is 0 Å². The van der Waals surface area contributed by atoms with Gasteiger partial charge in [0.2, 0.25) is 10.0 Å². The Morgan fingerprint density at radius 3 is 2.53 bits per heavy atom. The lowest BCUT2D eigenvalue weighted by Crippen LogP contribution is -2.43. The first-order chi connectivity index (χ1) is 9.01. The third-order valence-electron chi connectivity index (χ3n) is 3.52. The third kappa shape index (κ3) is 3.35. The maximum absolute atomic E-state index is 12.7. The summed E-state index contributed by atoms with van der Waals surface area (Å²) < 4.78 is 27.0. The monoisotopic (exact) mass is 282 g/mol. The van der Waals surface area contributed by atoms with E-state index >= 15 is 0 Å². The first-order valence-electron chi connectivity index (χ1n) is 6.77. The molecule has 2 rings (SSSR count). The molecule has 0 saturated carbocycles. The molecule has 1 heterocycles. The summed E-state index contributed by atoms with van der Waals surface area (Å²) in [5.41, 5.74) is 1.03. The Bertz CT molecular complexity index is 493. The van der Waals surface area contributed by atoms with E-state index in [-0.39, 0.29) is 11.3 Å². The highest BCUT2D eigenvalue weighted by Gasteiger charge is 2.35. The van der Waals surface area contributed by atoms with Crippen LogP contribution in [0.2, 0.25) is 0 Å². The Morgan fingerprint density at radius 1 is 1.32 bits per heavy atom. The minimum atomic E-state index is -3.23. The summed E-state index contributed by atoms with van der Waals surface area (Å²) in [6.45, 7) is 5.69. The molecule has 1 aliphatic heterocycles. The van der Waals surface area contributed by atoms with Crippen molar-refractivity contribution in [2.75, 3.05) is 13.1 Å². The largest absolute Gasteiger partial charge is 0.315 e. The van der Waals surface area contributed by atoms with E-state index in [1.165, 1.54) is 0 Å². The Kier molecular flexibility index (Phi) is 4.60. The molecule has 0 aliphatic carbocycles. The van der Waals surface area contributed by atoms with E-state index in [1.54, 1.807) is 4.31 Å². The lowest BCUT2D eigenvalue weighted by atomic mass is 10.2. The van der Waals surface area contributed by atoms with Crippen LogP contribution in [0.25, 0.3) is 0 Å². The number of rotatable bonds is 5. The van der Waals surface area contributed by atoms with Gasteiger partial charge in [-0.15, -0.1) is 0 Å². The zero-order valence-electron chi connectivity index (χ0n) is 11.5. The van der Waals surface area contributed by atoms with Crippen molar-refractivity contribution in [3.05, 3.63) is 35.9 Å². The standard InChI is InChI=1S/C14H22N2O2S/c1-12(2)16(11-13-6-4-3-5-7-13)19(17,18)14-8-9-15-10-14/h3-7,12,14-15H,8-11H2,1-2H3. The second-order valence-electron chi connectivity index (χ2n) is 5.28. The quantitative estimate of drug-likeness (QED) is 0.892. The summed E-state index contributed by atoms with van der Waals surface area (Å²) >= 11 is 0. The molecule has 0 bridgehead atoms. The fraction of sp³-hybridized carbons (Fsp3) is 0.571. The van der Waals surface area contributed by atoms with E-state index in [0.29, 0.717) is 19.5 Å². The molecule has 5 heteroatoms. The Labute approximate surface area is 115 Å². The molecule has 1 aromatic rings. The van der Waals surface area contributed by atoms with Gasteiger partial charge in [-0.25, -0.2) is 8.42 Å². The molecule has 106 valence electrons. The van der Waals surface area contributed by atoms with E-state index in [9.17, 15) is 8.42 Å². The average molecular weight is 282 g/mol. The average Bonchev–Trinajstić information content (AvgIpc) is 2.91. The zero-order valence-corrected chi connectivity index (χ0v) is 12.4. The summed E-state index contributed by atoms with van der Waals surface area (Å²) in [5.74, 6) is 0. The Balaban J connectivity index is 2.20. The van der Waals surface area contributed by atoms with Crippen LogP contribution in [0.15, 0.2) is 30.3 Å². The normalized spacial score (nSPS) is 20.3. The van der Waals surface area contributed by atoms with Gasteiger partial charge in [-0.3, -0.25) is 0 Å². The van der Waals surface area contributed by atoms with E-state index in [4.69, 9.17) is 0 Å². The predicted octanol–water partition coefficient (Wildman–Crippen LogP) is 1.59. The molecule has 1 saturated heterocycles. The maximum atomic E-state index is 12.7. The zero-order chi connectivity index (χ0) is 13.9. The summed E-state index contributed by atoms with van der Waals surface area (Å²) in [6.07, 6.45) is 0.709. The van der Waals surface area contributed by atoms with E-state index in [2.05, 4.69) is 5.32 Å². The van der Waals surface area contributed by atoms with Crippen LogP contribution in [0.4, 0.5) is 0 Å². The first-order valence-corrected chi connectivity index (χ1v) is 8.27. The number of nitrogens with zero attached hydrogens (tertiary/aromatic N) is 1. The molecule has 0 radical (unpaired) electrons. The Hall–Kier alpha value is -0.910. The van der Waals surface area contributed by atoms with Crippen LogP contribution in [-0.4, -0.2) is 37.1 Å². The van der Waals surface area contributed by atoms with Crippen molar-refractivity contribution >= 4 is 10.0 Å². The Morgan fingerprint density at radius 2 is 2.00 bits per heavy atom. The second kappa shape index (κ2) is 6.03. The second-order valence-corrected chi connectivity index (χ2v) is 7.45. The molecule has 1 N–H and O–H groups in total. The number of hydrogen-bond acceptors (Lipinski definition) is 3. The highest BCUT2D eigenvalue weighted by atomic mass is 32.2. The summed E-state index contributed by atoms with van der Waals surface area (Å²) in [5, 5.41) is 2.85. The minimum absolute atomic E-state index is 0.0224. The molecule has 0 spiro atoms. The van der Waals surface area contributed by atoms with Gasteiger partial charge < -0.3 is 5.32 Å². The smallest absolute Gasteiger partial charge is 0.218 e. The van der Waals surface area contributed by atoms with Crippen molar-refractivity contribution in [2.45, 2.75) is 38.1 Å². The molecule has 19 heavy (non-hydrogen) atoms. The van der Waals surface area contributed by atoms with Gasteiger partial charge in [0.1, 0.15) is 0 Å². The topological polar surface area (TPSA) is 49.4 Å². The van der Waals surface area contributed by atoms with E-state index in [0.717, 1.165) is 12.1 Å². The molecular formula is C14H22N2O2S. The number of hydrogen-bond donors (Lipinski definition) is 1. The van der Waals surface area contributed by atoms with Gasteiger partial charge in [0.25, 0.3) is 0 Å². The van der Waals surface area contributed by atoms with Gasteiger partial charge in [0, 0.05) is 19.1 Å². The van der Waals surface area contributed by atoms with Crippen molar-refractivity contribution in [3.8, 4) is 0 Å². The van der Waals surface area contributed by atoms with Crippen LogP contribution in [0.1, 0.15) is 25.8 Å². The number of benzene rings is 1. The molecule has 1 aliphatic rings. The summed E-state index contributed by atoms with van der Waals surface area (Å²) in [6, 6.07) is 9.74. The summed E-state index contributed by atoms with van der Waals surface area (Å²) in [7, 11) is -3.23. The highest BCUT2D eigenvalue weighted by molar-refractivity contribution is 7.89. The van der Waals surface area contributed by atoms with Gasteiger partial charge in [-0.05, 0) is 32.4 Å². The SMILES string of the molecule is CC(C)N(Cc1ccccc1)S(=O)(=O)C1CCNC1. The molecule has 1 unspecified atom stereocenters. The molecule has 1 fully saturated rings. The highest BCUT2D eigenvalue weighted by Crippen LogP contribution is 2.20. The van der Waals surface area contributed by atoms with Crippen molar-refractivity contribution in [1.29, 1.82) is 0 Å². The maximum Gasteiger partial charge on any atom is 0.218 e. The molecule has 0 amide bonds. The molecule has 1 atom stereocenters. The van der Waals surface area contributed by atoms with Gasteiger partial charge in [-0.2, -0.15) is 4.31 Å². The first kappa shape index (κ1) is 14.5. The molecule has 4 nitrogen and oxygen atoms in total. The fourth-order valence-corrected chi connectivity index (χ4v) is 4.45. The van der Waals surface area contributed by atoms with Crippen LogP contribution in [0.5, 0.6) is 0 Å². The molecular weight excluding hydrogens is 260 g/mol. The van der Waals surface area contributed by atoms with Crippen LogP contribution >= 0.6 is 0 Å². The number of sulfonamides is 1. The van der Waals surface area contributed by atoms with Crippen LogP contribution < -0.4 is 5.32 Å². The summed E-state index contributed by atoms with van der Waals surface area (Å²) in [4.78, 5) is 0. The van der Waals surface area contributed by atoms with Crippen LogP contribution in [-0.2, 0) is 16.6 Å². The van der Waals surface area contributed by atoms with Crippen molar-refractivity contribution < 1.29 is 8.42 Å². The third-order valence-corrected chi connectivity index (χ3v) is 5.97. The molecule has 0 aromatic heterocycles. The van der Waals surface area contributed by atoms with Gasteiger partial charge in [-0.1, -0.05) is 30.3 Å². The van der Waals surface area contributed by atoms with E-state index in [1.807, 2.05) is 44.2 Å². The molecule has 1 aromatic carbocycles. The minimum Gasteiger partial charge on any atom is -0.315 e. The van der Waals surface area contributed by atoms with Crippen molar-refractivity contribution in [2.24, 2.45) is 0 Å². The van der Waals surface area contributed by atoms with Gasteiger partial charge in [0.05, 0.1) is 5.25 Å².